The van der Waals surface area contributed by atoms with E-state index in [9.17, 15) is 13.2 Å². The molecule has 38 heavy (non-hydrogen) atoms. The van der Waals surface area contributed by atoms with E-state index in [1.165, 1.54) is 18.2 Å². The summed E-state index contributed by atoms with van der Waals surface area (Å²) in [5, 5.41) is 0. The molecule has 0 spiro atoms. The Hall–Kier alpha value is -3.34. The molecule has 1 fully saturated rings. The Kier molecular flexibility index (Phi) is 8.44. The number of sulfonamides is 1. The molecule has 0 aliphatic carbocycles. The first-order chi connectivity index (χ1) is 18.1. The molecule has 2 heterocycles. The molecule has 9 nitrogen and oxygen atoms in total. The second-order valence-corrected chi connectivity index (χ2v) is 11.8. The topological polar surface area (TPSA) is 105 Å². The minimum Gasteiger partial charge on any atom is -0.471 e. The largest absolute Gasteiger partial charge is 0.471 e. The number of hydrogen-bond donors (Lipinski definition) is 1. The van der Waals surface area contributed by atoms with Gasteiger partial charge in [-0.1, -0.05) is 30.3 Å². The van der Waals surface area contributed by atoms with E-state index in [1.807, 2.05) is 32.0 Å². The quantitative estimate of drug-likeness (QED) is 0.433. The normalized spacial score (nSPS) is 17.3. The molecule has 0 amide bonds. The van der Waals surface area contributed by atoms with Crippen molar-refractivity contribution in [1.82, 2.24) is 19.8 Å². The first-order valence-electron chi connectivity index (χ1n) is 12.7. The van der Waals surface area contributed by atoms with Crippen LogP contribution in [0.1, 0.15) is 35.3 Å². The van der Waals surface area contributed by atoms with E-state index in [0.29, 0.717) is 30.4 Å². The Morgan fingerprint density at radius 3 is 2.42 bits per heavy atom. The van der Waals surface area contributed by atoms with Crippen LogP contribution in [0.3, 0.4) is 0 Å². The second-order valence-electron chi connectivity index (χ2n) is 10.1. The maximum Gasteiger partial charge on any atom is 0.264 e. The lowest BCUT2D eigenvalue weighted by Gasteiger charge is -2.27. The van der Waals surface area contributed by atoms with E-state index in [-0.39, 0.29) is 22.5 Å². The van der Waals surface area contributed by atoms with Crippen molar-refractivity contribution in [2.75, 3.05) is 37.9 Å². The van der Waals surface area contributed by atoms with Gasteiger partial charge in [0.1, 0.15) is 12.4 Å². The SMILES string of the molecule is Cc1cccc(C)c1-c1cc(O[C@H]2CN(C)CCN(C(C)C)C2)nc(NS(=O)(=O)c2cccc(C=O)c2)n1. The Bertz CT molecular complexity index is 1390. The van der Waals surface area contributed by atoms with E-state index < -0.39 is 10.0 Å². The van der Waals surface area contributed by atoms with Gasteiger partial charge in [0.05, 0.1) is 10.6 Å². The van der Waals surface area contributed by atoms with Gasteiger partial charge in [-0.25, -0.2) is 18.1 Å². The van der Waals surface area contributed by atoms with Crippen molar-refractivity contribution in [2.45, 2.75) is 44.7 Å². The fraction of sp³-hybridized carbons (Fsp3) is 0.393. The summed E-state index contributed by atoms with van der Waals surface area (Å²) < 4.78 is 35.3. The number of benzene rings is 2. The number of nitrogens with one attached hydrogen (secondary N) is 1. The van der Waals surface area contributed by atoms with Gasteiger partial charge in [-0.3, -0.25) is 9.69 Å². The Balaban J connectivity index is 1.74. The Labute approximate surface area is 224 Å². The van der Waals surface area contributed by atoms with E-state index in [2.05, 4.69) is 45.4 Å². The van der Waals surface area contributed by atoms with Gasteiger partial charge >= 0.3 is 0 Å². The van der Waals surface area contributed by atoms with Crippen LogP contribution in [0.5, 0.6) is 5.88 Å². The monoisotopic (exact) mass is 537 g/mol. The van der Waals surface area contributed by atoms with Gasteiger partial charge in [-0.2, -0.15) is 4.98 Å². The van der Waals surface area contributed by atoms with Crippen LogP contribution in [0.25, 0.3) is 11.3 Å². The number of carbonyl (C=O) groups excluding carboxylic acids is 1. The molecular formula is C28H35N5O4S. The summed E-state index contributed by atoms with van der Waals surface area (Å²) >= 11 is 0. The van der Waals surface area contributed by atoms with Crippen molar-refractivity contribution in [3.63, 3.8) is 0 Å². The highest BCUT2D eigenvalue weighted by molar-refractivity contribution is 7.92. The van der Waals surface area contributed by atoms with Gasteiger partial charge in [0, 0.05) is 49.4 Å². The molecule has 0 unspecified atom stereocenters. The molecule has 0 radical (unpaired) electrons. The number of likely N-dealkylation sites (N-methyl/N-ethyl adjacent to an activating group) is 1. The van der Waals surface area contributed by atoms with Crippen molar-refractivity contribution < 1.29 is 17.9 Å². The van der Waals surface area contributed by atoms with Gasteiger partial charge in [-0.05, 0) is 58.0 Å². The Morgan fingerprint density at radius 2 is 1.74 bits per heavy atom. The minimum absolute atomic E-state index is 0.0522. The van der Waals surface area contributed by atoms with Gasteiger partial charge in [0.15, 0.2) is 0 Å². The third kappa shape index (κ3) is 6.56. The number of aryl methyl sites for hydroxylation is 2. The molecule has 3 aromatic rings. The highest BCUT2D eigenvalue weighted by Gasteiger charge is 2.25. The highest BCUT2D eigenvalue weighted by Crippen LogP contribution is 2.30. The maximum atomic E-state index is 13.2. The van der Waals surface area contributed by atoms with Crippen LogP contribution in [-0.2, 0) is 10.0 Å². The van der Waals surface area contributed by atoms with Crippen LogP contribution in [0.4, 0.5) is 5.95 Å². The fourth-order valence-electron chi connectivity index (χ4n) is 4.67. The first kappa shape index (κ1) is 27.7. The molecule has 1 saturated heterocycles. The summed E-state index contributed by atoms with van der Waals surface area (Å²) in [6.45, 7) is 11.6. The van der Waals surface area contributed by atoms with Crippen molar-refractivity contribution in [1.29, 1.82) is 0 Å². The number of anilines is 1. The van der Waals surface area contributed by atoms with Crippen molar-refractivity contribution in [2.24, 2.45) is 0 Å². The van der Waals surface area contributed by atoms with Gasteiger partial charge < -0.3 is 9.64 Å². The molecule has 202 valence electrons. The number of ether oxygens (including phenoxy) is 1. The van der Waals surface area contributed by atoms with Crippen LogP contribution < -0.4 is 9.46 Å². The number of aromatic nitrogens is 2. The molecule has 1 aliphatic heterocycles. The van der Waals surface area contributed by atoms with Crippen LogP contribution in [0.2, 0.25) is 0 Å². The summed E-state index contributed by atoms with van der Waals surface area (Å²) in [4.78, 5) is 24.8. The summed E-state index contributed by atoms with van der Waals surface area (Å²) in [5.74, 6) is 0.195. The van der Waals surface area contributed by atoms with Crippen LogP contribution in [-0.4, -0.2) is 79.8 Å². The summed E-state index contributed by atoms with van der Waals surface area (Å²) in [7, 11) is -1.99. The van der Waals surface area contributed by atoms with Gasteiger partial charge in [-0.15, -0.1) is 0 Å². The van der Waals surface area contributed by atoms with Crippen molar-refractivity contribution >= 4 is 22.3 Å². The van der Waals surface area contributed by atoms with Crippen LogP contribution in [0.15, 0.2) is 53.4 Å². The van der Waals surface area contributed by atoms with Crippen molar-refractivity contribution in [3.05, 3.63) is 65.2 Å². The fourth-order valence-corrected chi connectivity index (χ4v) is 5.67. The smallest absolute Gasteiger partial charge is 0.264 e. The minimum atomic E-state index is -4.06. The summed E-state index contributed by atoms with van der Waals surface area (Å²) in [6.07, 6.45) is 0.437. The number of carbonyl (C=O) groups is 1. The number of aldehydes is 1. The third-order valence-corrected chi connectivity index (χ3v) is 8.04. The summed E-state index contributed by atoms with van der Waals surface area (Å²) in [6, 6.07) is 13.9. The average molecular weight is 538 g/mol. The molecule has 1 aliphatic rings. The van der Waals surface area contributed by atoms with Crippen LogP contribution in [0, 0.1) is 13.8 Å². The third-order valence-electron chi connectivity index (χ3n) is 6.71. The predicted molar refractivity (Wildman–Crippen MR) is 148 cm³/mol. The lowest BCUT2D eigenvalue weighted by molar-refractivity contribution is 0.112. The van der Waals surface area contributed by atoms with Crippen molar-refractivity contribution in [3.8, 4) is 17.1 Å². The number of hydrogen-bond acceptors (Lipinski definition) is 8. The van der Waals surface area contributed by atoms with Gasteiger partial charge in [0.25, 0.3) is 10.0 Å². The number of rotatable bonds is 8. The zero-order valence-electron chi connectivity index (χ0n) is 22.5. The molecule has 1 N–H and O–H groups in total. The molecular weight excluding hydrogens is 502 g/mol. The lowest BCUT2D eigenvalue weighted by atomic mass is 10.00. The molecule has 1 aromatic heterocycles. The standard InChI is InChI=1S/C28H35N5O4S/c1-19(2)33-13-12-32(5)16-23(17-33)37-26-15-25(27-20(3)8-6-9-21(27)4)29-28(30-26)31-38(35,36)24-11-7-10-22(14-24)18-34/h6-11,14-15,18-19,23H,12-13,16-17H2,1-5H3,(H,29,30,31)/t23-/m0/s1. The molecule has 0 saturated carbocycles. The predicted octanol–water partition coefficient (Wildman–Crippen LogP) is 3.78. The van der Waals surface area contributed by atoms with E-state index >= 15 is 0 Å². The zero-order valence-corrected chi connectivity index (χ0v) is 23.3. The first-order valence-corrected chi connectivity index (χ1v) is 14.2. The second kappa shape index (κ2) is 11.6. The van der Waals surface area contributed by atoms with E-state index in [4.69, 9.17) is 4.74 Å². The van der Waals surface area contributed by atoms with Crippen LogP contribution >= 0.6 is 0 Å². The average Bonchev–Trinajstić information content (AvgIpc) is 3.04. The molecule has 2 aromatic carbocycles. The number of nitrogens with zero attached hydrogens (tertiary/aromatic N) is 4. The molecule has 1 atom stereocenters. The van der Waals surface area contributed by atoms with E-state index in [1.54, 1.807) is 12.1 Å². The van der Waals surface area contributed by atoms with Gasteiger partial charge in [0.2, 0.25) is 11.8 Å². The molecule has 0 bridgehead atoms. The maximum absolute atomic E-state index is 13.2. The molecule has 10 heteroatoms. The lowest BCUT2D eigenvalue weighted by Crippen LogP contribution is -2.40. The summed E-state index contributed by atoms with van der Waals surface area (Å²) in [5.41, 5.74) is 3.72. The zero-order chi connectivity index (χ0) is 27.4. The highest BCUT2D eigenvalue weighted by atomic mass is 32.2. The molecule has 4 rings (SSSR count). The van der Waals surface area contributed by atoms with E-state index in [0.717, 1.165) is 36.3 Å². The Morgan fingerprint density at radius 1 is 1.03 bits per heavy atom.